The first-order valence-corrected chi connectivity index (χ1v) is 7.59. The first kappa shape index (κ1) is 15.5. The lowest BCUT2D eigenvalue weighted by Crippen LogP contribution is -2.49. The van der Waals surface area contributed by atoms with Crippen molar-refractivity contribution in [3.05, 3.63) is 65.0 Å². The van der Waals surface area contributed by atoms with Gasteiger partial charge in [0.05, 0.1) is 12.1 Å². The van der Waals surface area contributed by atoms with Crippen LogP contribution in [0.2, 0.25) is 0 Å². The maximum atomic E-state index is 13.1. The van der Waals surface area contributed by atoms with Crippen LogP contribution in [0, 0.1) is 12.7 Å². The van der Waals surface area contributed by atoms with E-state index in [1.54, 1.807) is 6.92 Å². The molecule has 2 aromatic carbocycles. The zero-order chi connectivity index (χ0) is 16.4. The topological polar surface area (TPSA) is 61.4 Å². The number of benzene rings is 2. The second kappa shape index (κ2) is 6.01. The molecule has 5 heteroatoms. The molecule has 0 saturated heterocycles. The number of aliphatic hydroxyl groups excluding tert-OH is 1. The van der Waals surface area contributed by atoms with Crippen molar-refractivity contribution in [2.75, 3.05) is 11.9 Å². The van der Waals surface area contributed by atoms with Gasteiger partial charge in [-0.2, -0.15) is 0 Å². The Balaban J connectivity index is 1.79. The molecular weight excluding hydrogens is 295 g/mol. The summed E-state index contributed by atoms with van der Waals surface area (Å²) >= 11 is 0. The van der Waals surface area contributed by atoms with Crippen LogP contribution >= 0.6 is 0 Å². The fourth-order valence-electron chi connectivity index (χ4n) is 3.16. The number of hydrogen-bond donors (Lipinski definition) is 3. The van der Waals surface area contributed by atoms with Gasteiger partial charge in [-0.05, 0) is 54.7 Å². The van der Waals surface area contributed by atoms with E-state index in [1.165, 1.54) is 18.2 Å². The number of aryl methyl sites for hydroxylation is 2. The fraction of sp³-hybridized carbons (Fsp3) is 0.278. The number of amides is 2. The molecule has 3 rings (SSSR count). The Labute approximate surface area is 134 Å². The molecule has 1 aliphatic rings. The van der Waals surface area contributed by atoms with E-state index in [0.717, 1.165) is 17.5 Å². The molecule has 1 atom stereocenters. The SMILES string of the molecule is Cc1cc(F)ccc1NC(=O)NC1(CO)CCc2ccccc21. The molecule has 120 valence electrons. The Morgan fingerprint density at radius 2 is 2.09 bits per heavy atom. The Morgan fingerprint density at radius 3 is 2.83 bits per heavy atom. The summed E-state index contributed by atoms with van der Waals surface area (Å²) < 4.78 is 13.1. The van der Waals surface area contributed by atoms with Gasteiger partial charge in [0.2, 0.25) is 0 Å². The third-order valence-electron chi connectivity index (χ3n) is 4.41. The van der Waals surface area contributed by atoms with Gasteiger partial charge in [0.15, 0.2) is 0 Å². The maximum absolute atomic E-state index is 13.1. The lowest BCUT2D eigenvalue weighted by molar-refractivity contribution is 0.164. The van der Waals surface area contributed by atoms with Crippen LogP contribution in [-0.4, -0.2) is 17.7 Å². The largest absolute Gasteiger partial charge is 0.394 e. The number of carbonyl (C=O) groups excluding carboxylic acids is 1. The number of anilines is 1. The zero-order valence-corrected chi connectivity index (χ0v) is 12.9. The average Bonchev–Trinajstić information content (AvgIpc) is 2.90. The first-order chi connectivity index (χ1) is 11.0. The number of aliphatic hydroxyl groups is 1. The molecule has 0 aliphatic heterocycles. The zero-order valence-electron chi connectivity index (χ0n) is 12.9. The molecule has 1 unspecified atom stereocenters. The van der Waals surface area contributed by atoms with Crippen molar-refractivity contribution in [1.82, 2.24) is 5.32 Å². The summed E-state index contributed by atoms with van der Waals surface area (Å²) in [6, 6.07) is 11.6. The highest BCUT2D eigenvalue weighted by atomic mass is 19.1. The summed E-state index contributed by atoms with van der Waals surface area (Å²) in [5, 5.41) is 15.5. The van der Waals surface area contributed by atoms with E-state index in [2.05, 4.69) is 10.6 Å². The number of nitrogens with one attached hydrogen (secondary N) is 2. The van der Waals surface area contributed by atoms with Crippen molar-refractivity contribution in [3.63, 3.8) is 0 Å². The molecular formula is C18H19FN2O2. The van der Waals surface area contributed by atoms with E-state index in [4.69, 9.17) is 0 Å². The van der Waals surface area contributed by atoms with Crippen molar-refractivity contribution < 1.29 is 14.3 Å². The molecule has 2 amide bonds. The molecule has 3 N–H and O–H groups in total. The lowest BCUT2D eigenvalue weighted by atomic mass is 9.93. The van der Waals surface area contributed by atoms with Crippen LogP contribution in [0.15, 0.2) is 42.5 Å². The molecule has 0 bridgehead atoms. The second-order valence-corrected chi connectivity index (χ2v) is 5.94. The van der Waals surface area contributed by atoms with Crippen molar-refractivity contribution in [2.24, 2.45) is 0 Å². The third-order valence-corrected chi connectivity index (χ3v) is 4.41. The van der Waals surface area contributed by atoms with E-state index in [-0.39, 0.29) is 12.4 Å². The Bertz CT molecular complexity index is 748. The van der Waals surface area contributed by atoms with Crippen LogP contribution in [0.1, 0.15) is 23.1 Å². The molecule has 0 saturated carbocycles. The van der Waals surface area contributed by atoms with Crippen molar-refractivity contribution in [1.29, 1.82) is 0 Å². The summed E-state index contributed by atoms with van der Waals surface area (Å²) in [6.45, 7) is 1.56. The first-order valence-electron chi connectivity index (χ1n) is 7.59. The standard InChI is InChI=1S/C18H19FN2O2/c1-12-10-14(19)6-7-16(12)20-17(23)21-18(11-22)9-8-13-4-2-3-5-15(13)18/h2-7,10,22H,8-9,11H2,1H3,(H2,20,21,23). The smallest absolute Gasteiger partial charge is 0.320 e. The molecule has 0 radical (unpaired) electrons. The molecule has 4 nitrogen and oxygen atoms in total. The van der Waals surface area contributed by atoms with Crippen molar-refractivity contribution >= 4 is 11.7 Å². The van der Waals surface area contributed by atoms with Gasteiger partial charge in [0.25, 0.3) is 0 Å². The number of carbonyl (C=O) groups is 1. The summed E-state index contributed by atoms with van der Waals surface area (Å²) in [5.41, 5.74) is 2.51. The van der Waals surface area contributed by atoms with Gasteiger partial charge in [0, 0.05) is 5.69 Å². The summed E-state index contributed by atoms with van der Waals surface area (Å²) in [7, 11) is 0. The Morgan fingerprint density at radius 1 is 1.30 bits per heavy atom. The predicted molar refractivity (Wildman–Crippen MR) is 86.8 cm³/mol. The van der Waals surface area contributed by atoms with Gasteiger partial charge >= 0.3 is 6.03 Å². The highest BCUT2D eigenvalue weighted by molar-refractivity contribution is 5.90. The van der Waals surface area contributed by atoms with Crippen LogP contribution in [0.4, 0.5) is 14.9 Å². The normalized spacial score (nSPS) is 19.3. The number of fused-ring (bicyclic) bond motifs is 1. The van der Waals surface area contributed by atoms with E-state index >= 15 is 0 Å². The van der Waals surface area contributed by atoms with Crippen LogP contribution in [-0.2, 0) is 12.0 Å². The van der Waals surface area contributed by atoms with E-state index in [9.17, 15) is 14.3 Å². The molecule has 2 aromatic rings. The lowest BCUT2D eigenvalue weighted by Gasteiger charge is -2.29. The van der Waals surface area contributed by atoms with Gasteiger partial charge in [-0.3, -0.25) is 0 Å². The van der Waals surface area contributed by atoms with Gasteiger partial charge in [0.1, 0.15) is 5.82 Å². The minimum absolute atomic E-state index is 0.167. The average molecular weight is 314 g/mol. The molecule has 0 fully saturated rings. The third kappa shape index (κ3) is 2.92. The summed E-state index contributed by atoms with van der Waals surface area (Å²) in [6.07, 6.45) is 1.46. The Kier molecular flexibility index (Phi) is 4.05. The van der Waals surface area contributed by atoms with Crippen LogP contribution in [0.5, 0.6) is 0 Å². The molecule has 23 heavy (non-hydrogen) atoms. The highest BCUT2D eigenvalue weighted by Gasteiger charge is 2.39. The van der Waals surface area contributed by atoms with Crippen LogP contribution < -0.4 is 10.6 Å². The van der Waals surface area contributed by atoms with Gasteiger partial charge < -0.3 is 15.7 Å². The second-order valence-electron chi connectivity index (χ2n) is 5.94. The maximum Gasteiger partial charge on any atom is 0.320 e. The summed E-state index contributed by atoms with van der Waals surface area (Å²) in [4.78, 5) is 12.4. The minimum atomic E-state index is -0.769. The number of hydrogen-bond acceptors (Lipinski definition) is 2. The Hall–Kier alpha value is -2.40. The van der Waals surface area contributed by atoms with E-state index in [1.807, 2.05) is 24.3 Å². The number of rotatable bonds is 3. The highest BCUT2D eigenvalue weighted by Crippen LogP contribution is 2.36. The predicted octanol–water partition coefficient (Wildman–Crippen LogP) is 3.09. The van der Waals surface area contributed by atoms with Crippen molar-refractivity contribution in [3.8, 4) is 0 Å². The van der Waals surface area contributed by atoms with Gasteiger partial charge in [-0.25, -0.2) is 9.18 Å². The van der Waals surface area contributed by atoms with Crippen LogP contribution in [0.25, 0.3) is 0 Å². The monoisotopic (exact) mass is 314 g/mol. The molecule has 0 spiro atoms. The minimum Gasteiger partial charge on any atom is -0.394 e. The van der Waals surface area contributed by atoms with Crippen LogP contribution in [0.3, 0.4) is 0 Å². The quantitative estimate of drug-likeness (QED) is 0.815. The number of halogens is 1. The van der Waals surface area contributed by atoms with E-state index < -0.39 is 11.6 Å². The van der Waals surface area contributed by atoms with Crippen molar-refractivity contribution in [2.45, 2.75) is 25.3 Å². The number of urea groups is 1. The fourth-order valence-corrected chi connectivity index (χ4v) is 3.16. The van der Waals surface area contributed by atoms with E-state index in [0.29, 0.717) is 17.7 Å². The van der Waals surface area contributed by atoms with Gasteiger partial charge in [-0.15, -0.1) is 0 Å². The molecule has 0 aromatic heterocycles. The molecule has 0 heterocycles. The molecule has 1 aliphatic carbocycles. The summed E-state index contributed by atoms with van der Waals surface area (Å²) in [5.74, 6) is -0.343. The van der Waals surface area contributed by atoms with Gasteiger partial charge in [-0.1, -0.05) is 24.3 Å².